The second-order valence-corrected chi connectivity index (χ2v) is 14.2. The van der Waals surface area contributed by atoms with E-state index in [9.17, 15) is 21.6 Å². The topological polar surface area (TPSA) is 121 Å². The molecule has 5 rings (SSSR count). The zero-order valence-electron chi connectivity index (χ0n) is 24.1. The Bertz CT molecular complexity index is 1870. The van der Waals surface area contributed by atoms with Gasteiger partial charge in [-0.1, -0.05) is 48.5 Å². The molecule has 0 unspecified atom stereocenters. The molecular weight excluding hydrogens is 587 g/mol. The molecule has 12 heteroatoms. The van der Waals surface area contributed by atoms with Crippen molar-refractivity contribution in [3.05, 3.63) is 114 Å². The van der Waals surface area contributed by atoms with Gasteiger partial charge in [-0.05, 0) is 68.8 Å². The van der Waals surface area contributed by atoms with Crippen molar-refractivity contribution < 1.29 is 21.6 Å². The molecule has 0 saturated carbocycles. The lowest BCUT2D eigenvalue weighted by Gasteiger charge is -2.38. The fourth-order valence-electron chi connectivity index (χ4n) is 5.25. The van der Waals surface area contributed by atoms with E-state index in [0.29, 0.717) is 0 Å². The highest BCUT2D eigenvalue weighted by atomic mass is 32.2. The van der Waals surface area contributed by atoms with E-state index in [4.69, 9.17) is 0 Å². The van der Waals surface area contributed by atoms with Crippen LogP contribution in [-0.4, -0.2) is 67.8 Å². The first-order valence-electron chi connectivity index (χ1n) is 13.7. The molecule has 1 saturated heterocycles. The number of amides is 1. The SMILES string of the molecule is Cc1cccc(-n2c(C)cc(/C=N\NC(=O)[C@@H]3CN(S(=O)(=O)c4ccccc4)CCN3S(=O)(=O)c3ccccc3)c2C)c1. The minimum atomic E-state index is -4.11. The van der Waals surface area contributed by atoms with E-state index in [1.54, 1.807) is 36.4 Å². The quantitative estimate of drug-likeness (QED) is 0.239. The highest BCUT2D eigenvalue weighted by Gasteiger charge is 2.43. The maximum absolute atomic E-state index is 13.6. The van der Waals surface area contributed by atoms with Gasteiger partial charge in [0, 0.05) is 42.3 Å². The van der Waals surface area contributed by atoms with Gasteiger partial charge in [-0.25, -0.2) is 22.3 Å². The summed E-state index contributed by atoms with van der Waals surface area (Å²) in [6.07, 6.45) is 1.50. The first kappa shape index (κ1) is 30.4. The highest BCUT2D eigenvalue weighted by molar-refractivity contribution is 7.89. The third kappa shape index (κ3) is 6.18. The molecule has 1 N–H and O–H groups in total. The zero-order valence-corrected chi connectivity index (χ0v) is 25.7. The van der Waals surface area contributed by atoms with E-state index in [1.807, 2.05) is 45.0 Å². The predicted molar refractivity (Wildman–Crippen MR) is 165 cm³/mol. The molecule has 3 aromatic carbocycles. The summed E-state index contributed by atoms with van der Waals surface area (Å²) in [6, 6.07) is 24.3. The minimum absolute atomic E-state index is 0.0132. The summed E-state index contributed by atoms with van der Waals surface area (Å²) >= 11 is 0. The van der Waals surface area contributed by atoms with Gasteiger partial charge in [0.05, 0.1) is 16.0 Å². The van der Waals surface area contributed by atoms with Crippen LogP contribution in [0.1, 0.15) is 22.5 Å². The molecular formula is C31H33N5O5S2. The summed E-state index contributed by atoms with van der Waals surface area (Å²) in [6.45, 7) is 5.26. The second kappa shape index (κ2) is 12.3. The van der Waals surface area contributed by atoms with Gasteiger partial charge in [0.1, 0.15) is 6.04 Å². The number of nitrogens with one attached hydrogen (secondary N) is 1. The molecule has 0 aliphatic carbocycles. The van der Waals surface area contributed by atoms with E-state index in [1.165, 1.54) is 30.5 Å². The van der Waals surface area contributed by atoms with Gasteiger partial charge in [0.15, 0.2) is 0 Å². The van der Waals surface area contributed by atoms with E-state index in [-0.39, 0.29) is 29.4 Å². The second-order valence-electron chi connectivity index (χ2n) is 10.4. The third-order valence-electron chi connectivity index (χ3n) is 7.44. The molecule has 1 aliphatic rings. The van der Waals surface area contributed by atoms with Crippen LogP contribution in [0.5, 0.6) is 0 Å². The molecule has 1 fully saturated rings. The van der Waals surface area contributed by atoms with Gasteiger partial charge >= 0.3 is 0 Å². The fraction of sp³-hybridized carbons (Fsp3) is 0.226. The van der Waals surface area contributed by atoms with E-state index in [2.05, 4.69) is 21.2 Å². The summed E-state index contributed by atoms with van der Waals surface area (Å²) in [7, 11) is -8.09. The number of aromatic nitrogens is 1. The maximum atomic E-state index is 13.6. The van der Waals surface area contributed by atoms with Crippen LogP contribution < -0.4 is 5.43 Å². The number of hydrazone groups is 1. The van der Waals surface area contributed by atoms with E-state index >= 15 is 0 Å². The Labute approximate surface area is 252 Å². The predicted octanol–water partition coefficient (Wildman–Crippen LogP) is 3.62. The van der Waals surface area contributed by atoms with Gasteiger partial charge in [-0.3, -0.25) is 4.79 Å². The Hall–Kier alpha value is -4.10. The van der Waals surface area contributed by atoms with Crippen molar-refractivity contribution in [1.29, 1.82) is 0 Å². The number of sulfonamides is 2. The Morgan fingerprint density at radius 2 is 1.44 bits per heavy atom. The summed E-state index contributed by atoms with van der Waals surface area (Å²) in [5, 5.41) is 4.15. The van der Waals surface area contributed by atoms with Crippen LogP contribution in [0.3, 0.4) is 0 Å². The molecule has 0 bridgehead atoms. The number of hydrogen-bond donors (Lipinski definition) is 1. The largest absolute Gasteiger partial charge is 0.318 e. The lowest BCUT2D eigenvalue weighted by Crippen LogP contribution is -2.60. The van der Waals surface area contributed by atoms with Crippen LogP contribution >= 0.6 is 0 Å². The molecule has 1 aliphatic heterocycles. The molecule has 0 radical (unpaired) electrons. The number of rotatable bonds is 8. The number of aryl methyl sites for hydroxylation is 2. The van der Waals surface area contributed by atoms with Crippen molar-refractivity contribution in [2.45, 2.75) is 36.6 Å². The Kier molecular flexibility index (Phi) is 8.65. The summed E-state index contributed by atoms with van der Waals surface area (Å²) in [5.41, 5.74) is 7.25. The number of benzene rings is 3. The molecule has 10 nitrogen and oxygen atoms in total. The van der Waals surface area contributed by atoms with Gasteiger partial charge in [-0.2, -0.15) is 13.7 Å². The number of carbonyl (C=O) groups is 1. The standard InChI is InChI=1S/C31H33N5O5S2/c1-23-11-10-12-27(19-23)36-24(2)20-26(25(36)3)21-32-33-31(37)30-22-34(42(38,39)28-13-6-4-7-14-28)17-18-35(30)43(40,41)29-15-8-5-9-16-29/h4-16,19-21,30H,17-18,22H2,1-3H3,(H,33,37)/b32-21-/t30-/m0/s1. The molecule has 0 spiro atoms. The van der Waals surface area contributed by atoms with Crippen LogP contribution in [0.4, 0.5) is 0 Å². The molecule has 43 heavy (non-hydrogen) atoms. The van der Waals surface area contributed by atoms with Crippen molar-refractivity contribution in [3.8, 4) is 5.69 Å². The van der Waals surface area contributed by atoms with E-state index in [0.717, 1.165) is 36.8 Å². The molecule has 224 valence electrons. The van der Waals surface area contributed by atoms with Crippen LogP contribution in [-0.2, 0) is 24.8 Å². The van der Waals surface area contributed by atoms with Gasteiger partial charge in [-0.15, -0.1) is 0 Å². The lowest BCUT2D eigenvalue weighted by molar-refractivity contribution is -0.125. The van der Waals surface area contributed by atoms with Crippen molar-refractivity contribution in [2.24, 2.45) is 5.10 Å². The number of piperazine rings is 1. The molecule has 1 amide bonds. The Morgan fingerprint density at radius 3 is 2.07 bits per heavy atom. The average molecular weight is 620 g/mol. The number of carbonyl (C=O) groups excluding carboxylic acids is 1. The van der Waals surface area contributed by atoms with Crippen molar-refractivity contribution >= 4 is 32.2 Å². The normalized spacial score (nSPS) is 16.9. The number of nitrogens with zero attached hydrogens (tertiary/aromatic N) is 4. The van der Waals surface area contributed by atoms with Crippen LogP contribution in [0.15, 0.2) is 106 Å². The number of hydrogen-bond acceptors (Lipinski definition) is 6. The van der Waals surface area contributed by atoms with Crippen molar-refractivity contribution in [2.75, 3.05) is 19.6 Å². The van der Waals surface area contributed by atoms with Crippen molar-refractivity contribution in [3.63, 3.8) is 0 Å². The Balaban J connectivity index is 1.42. The van der Waals surface area contributed by atoms with Gasteiger partial charge in [0.2, 0.25) is 20.0 Å². The smallest absolute Gasteiger partial charge is 0.259 e. The highest BCUT2D eigenvalue weighted by Crippen LogP contribution is 2.26. The maximum Gasteiger partial charge on any atom is 0.259 e. The molecule has 1 aromatic heterocycles. The summed E-state index contributed by atoms with van der Waals surface area (Å²) < 4.78 is 58.2. The first-order valence-corrected chi connectivity index (χ1v) is 16.6. The monoisotopic (exact) mass is 619 g/mol. The van der Waals surface area contributed by atoms with Gasteiger partial charge < -0.3 is 4.57 Å². The molecule has 1 atom stereocenters. The lowest BCUT2D eigenvalue weighted by atomic mass is 10.2. The summed E-state index contributed by atoms with van der Waals surface area (Å²) in [4.78, 5) is 13.6. The average Bonchev–Trinajstić information content (AvgIpc) is 3.29. The Morgan fingerprint density at radius 1 is 0.814 bits per heavy atom. The zero-order chi connectivity index (χ0) is 30.8. The first-order chi connectivity index (χ1) is 20.5. The van der Waals surface area contributed by atoms with E-state index < -0.39 is 32.0 Å². The minimum Gasteiger partial charge on any atom is -0.318 e. The third-order valence-corrected chi connectivity index (χ3v) is 11.2. The van der Waals surface area contributed by atoms with Crippen LogP contribution in [0.2, 0.25) is 0 Å². The fourth-order valence-corrected chi connectivity index (χ4v) is 8.30. The van der Waals surface area contributed by atoms with Crippen LogP contribution in [0, 0.1) is 20.8 Å². The van der Waals surface area contributed by atoms with Gasteiger partial charge in [0.25, 0.3) is 5.91 Å². The molecule has 4 aromatic rings. The summed E-state index contributed by atoms with van der Waals surface area (Å²) in [5.74, 6) is -0.740. The molecule has 2 heterocycles. The van der Waals surface area contributed by atoms with Crippen molar-refractivity contribution in [1.82, 2.24) is 18.6 Å². The van der Waals surface area contributed by atoms with Crippen LogP contribution in [0.25, 0.3) is 5.69 Å².